The van der Waals surface area contributed by atoms with Crippen LogP contribution in [-0.2, 0) is 19.5 Å². The summed E-state index contributed by atoms with van der Waals surface area (Å²) in [6.07, 6.45) is 5.82. The summed E-state index contributed by atoms with van der Waals surface area (Å²) in [5, 5.41) is 11.1. The second kappa shape index (κ2) is 8.39. The molecule has 8 heteroatoms. The number of aliphatic carboxylic acids is 1. The molecule has 4 rings (SSSR count). The van der Waals surface area contributed by atoms with Gasteiger partial charge in [0.25, 0.3) is 5.91 Å². The molecule has 2 heterocycles. The zero-order valence-electron chi connectivity index (χ0n) is 16.7. The number of likely N-dealkylation sites (tertiary alicyclic amines) is 1. The Bertz CT molecular complexity index is 738. The third-order valence-corrected chi connectivity index (χ3v) is 6.66. The molecule has 1 N–H and O–H groups in total. The van der Waals surface area contributed by atoms with E-state index in [1.165, 1.54) is 6.42 Å². The average Bonchev–Trinajstić information content (AvgIpc) is 3.20. The van der Waals surface area contributed by atoms with Crippen molar-refractivity contribution in [3.8, 4) is 0 Å². The SMILES string of the molecule is CN1OOC(c2ccc(C(=O)N3CCC(C(=O)O)(C4CCCCC4)CC3)cc2)O1. The number of carboxylic acids is 1. The van der Waals surface area contributed by atoms with Crippen molar-refractivity contribution >= 4 is 11.9 Å². The molecule has 3 aliphatic rings. The predicted molar refractivity (Wildman–Crippen MR) is 102 cm³/mol. The van der Waals surface area contributed by atoms with Gasteiger partial charge in [-0.15, -0.1) is 4.99 Å². The molecule has 1 aliphatic carbocycles. The van der Waals surface area contributed by atoms with Gasteiger partial charge in [-0.05, 0) is 49.0 Å². The number of carbonyl (C=O) groups excluding carboxylic acids is 1. The largest absolute Gasteiger partial charge is 0.481 e. The van der Waals surface area contributed by atoms with Crippen molar-refractivity contribution in [3.63, 3.8) is 0 Å². The third kappa shape index (κ3) is 4.02. The van der Waals surface area contributed by atoms with E-state index in [1.54, 1.807) is 36.2 Å². The van der Waals surface area contributed by atoms with Crippen LogP contribution in [0.4, 0.5) is 0 Å². The quantitative estimate of drug-likeness (QED) is 0.770. The Labute approximate surface area is 170 Å². The smallest absolute Gasteiger partial charge is 0.310 e. The summed E-state index contributed by atoms with van der Waals surface area (Å²) in [5.74, 6) is -0.526. The van der Waals surface area contributed by atoms with Gasteiger partial charge in [-0.2, -0.15) is 4.89 Å². The van der Waals surface area contributed by atoms with Crippen LogP contribution in [0.3, 0.4) is 0 Å². The first-order valence-electron chi connectivity index (χ1n) is 10.4. The molecular weight excluding hydrogens is 376 g/mol. The summed E-state index contributed by atoms with van der Waals surface area (Å²) in [7, 11) is 1.58. The molecule has 1 aromatic rings. The zero-order chi connectivity index (χ0) is 20.4. The van der Waals surface area contributed by atoms with E-state index < -0.39 is 17.7 Å². The van der Waals surface area contributed by atoms with Gasteiger partial charge in [0, 0.05) is 31.3 Å². The van der Waals surface area contributed by atoms with E-state index in [-0.39, 0.29) is 11.8 Å². The van der Waals surface area contributed by atoms with Crippen LogP contribution < -0.4 is 0 Å². The van der Waals surface area contributed by atoms with Crippen molar-refractivity contribution in [2.45, 2.75) is 51.2 Å². The fraction of sp³-hybridized carbons (Fsp3) is 0.619. The van der Waals surface area contributed by atoms with Crippen molar-refractivity contribution < 1.29 is 29.4 Å². The van der Waals surface area contributed by atoms with E-state index in [4.69, 9.17) is 14.7 Å². The maximum absolute atomic E-state index is 12.9. The van der Waals surface area contributed by atoms with E-state index in [9.17, 15) is 14.7 Å². The Hall–Kier alpha value is -2.00. The number of hydrogen-bond acceptors (Lipinski definition) is 6. The van der Waals surface area contributed by atoms with Crippen LogP contribution in [0.2, 0.25) is 0 Å². The lowest BCUT2D eigenvalue weighted by Gasteiger charge is -2.45. The number of rotatable bonds is 4. The van der Waals surface area contributed by atoms with Gasteiger partial charge >= 0.3 is 5.97 Å². The van der Waals surface area contributed by atoms with E-state index in [0.29, 0.717) is 31.5 Å². The molecule has 0 bridgehead atoms. The van der Waals surface area contributed by atoms with Gasteiger partial charge in [-0.25, -0.2) is 4.84 Å². The van der Waals surface area contributed by atoms with E-state index in [0.717, 1.165) is 36.5 Å². The zero-order valence-corrected chi connectivity index (χ0v) is 16.7. The van der Waals surface area contributed by atoms with E-state index >= 15 is 0 Å². The lowest BCUT2D eigenvalue weighted by atomic mass is 9.64. The number of piperidine rings is 1. The monoisotopic (exact) mass is 404 g/mol. The van der Waals surface area contributed by atoms with Gasteiger partial charge < -0.3 is 10.0 Å². The first-order chi connectivity index (χ1) is 14.0. The Kier molecular flexibility index (Phi) is 5.87. The summed E-state index contributed by atoms with van der Waals surface area (Å²) < 4.78 is 0. The van der Waals surface area contributed by atoms with Crippen LogP contribution in [0.1, 0.15) is 67.2 Å². The van der Waals surface area contributed by atoms with Crippen LogP contribution in [0, 0.1) is 11.3 Å². The highest BCUT2D eigenvalue weighted by molar-refractivity contribution is 5.94. The van der Waals surface area contributed by atoms with Crippen LogP contribution in [0.5, 0.6) is 0 Å². The number of hydrogen-bond donors (Lipinski definition) is 1. The van der Waals surface area contributed by atoms with Crippen molar-refractivity contribution in [2.75, 3.05) is 20.1 Å². The molecule has 158 valence electrons. The average molecular weight is 404 g/mol. The Morgan fingerprint density at radius 3 is 2.28 bits per heavy atom. The molecule has 3 fully saturated rings. The lowest BCUT2D eigenvalue weighted by molar-refractivity contribution is -0.402. The third-order valence-electron chi connectivity index (χ3n) is 6.66. The fourth-order valence-corrected chi connectivity index (χ4v) is 4.91. The van der Waals surface area contributed by atoms with Gasteiger partial charge in [0.2, 0.25) is 6.29 Å². The molecule has 1 atom stereocenters. The molecule has 1 saturated carbocycles. The molecule has 8 nitrogen and oxygen atoms in total. The van der Waals surface area contributed by atoms with Crippen LogP contribution in [0.25, 0.3) is 0 Å². The van der Waals surface area contributed by atoms with Crippen molar-refractivity contribution in [3.05, 3.63) is 35.4 Å². The minimum absolute atomic E-state index is 0.0687. The normalized spacial score (nSPS) is 25.8. The molecule has 1 amide bonds. The molecule has 2 aliphatic heterocycles. The summed E-state index contributed by atoms with van der Waals surface area (Å²) >= 11 is 0. The minimum atomic E-state index is -0.690. The van der Waals surface area contributed by atoms with Crippen molar-refractivity contribution in [1.82, 2.24) is 10.1 Å². The summed E-state index contributed by atoms with van der Waals surface area (Å²) in [6, 6.07) is 7.02. The molecule has 0 radical (unpaired) electrons. The molecular formula is C21H28N2O6. The van der Waals surface area contributed by atoms with Crippen LogP contribution in [0.15, 0.2) is 24.3 Å². The predicted octanol–water partition coefficient (Wildman–Crippen LogP) is 3.31. The number of amides is 1. The Morgan fingerprint density at radius 2 is 1.72 bits per heavy atom. The van der Waals surface area contributed by atoms with Gasteiger partial charge in [-0.3, -0.25) is 9.59 Å². The molecule has 0 spiro atoms. The molecule has 2 saturated heterocycles. The lowest BCUT2D eigenvalue weighted by Crippen LogP contribution is -2.50. The van der Waals surface area contributed by atoms with Gasteiger partial charge in [-0.1, -0.05) is 31.4 Å². The molecule has 1 aromatic carbocycles. The van der Waals surface area contributed by atoms with Crippen LogP contribution in [-0.4, -0.2) is 47.2 Å². The summed E-state index contributed by atoms with van der Waals surface area (Å²) in [4.78, 5) is 42.0. The molecule has 0 aromatic heterocycles. The van der Waals surface area contributed by atoms with Crippen molar-refractivity contribution in [1.29, 1.82) is 0 Å². The van der Waals surface area contributed by atoms with Gasteiger partial charge in [0.15, 0.2) is 0 Å². The van der Waals surface area contributed by atoms with Gasteiger partial charge in [0.05, 0.1) is 5.41 Å². The first-order valence-corrected chi connectivity index (χ1v) is 10.4. The Morgan fingerprint density at radius 1 is 1.07 bits per heavy atom. The molecule has 29 heavy (non-hydrogen) atoms. The highest BCUT2D eigenvalue weighted by atomic mass is 17.4. The Balaban J connectivity index is 1.40. The topological polar surface area (TPSA) is 88.5 Å². The number of carboxylic acid groups (broad SMARTS) is 1. The summed E-state index contributed by atoms with van der Waals surface area (Å²) in [6.45, 7) is 0.966. The highest BCUT2D eigenvalue weighted by Crippen LogP contribution is 2.46. The molecule has 1 unspecified atom stereocenters. The second-order valence-corrected chi connectivity index (χ2v) is 8.26. The number of nitrogens with zero attached hydrogens (tertiary/aromatic N) is 2. The maximum atomic E-state index is 12.9. The number of benzene rings is 1. The van der Waals surface area contributed by atoms with E-state index in [2.05, 4.69) is 0 Å². The highest BCUT2D eigenvalue weighted by Gasteiger charge is 2.48. The second-order valence-electron chi connectivity index (χ2n) is 8.26. The first kappa shape index (κ1) is 20.3. The maximum Gasteiger partial charge on any atom is 0.310 e. The van der Waals surface area contributed by atoms with Crippen LogP contribution >= 0.6 is 0 Å². The van der Waals surface area contributed by atoms with E-state index in [1.807, 2.05) is 0 Å². The standard InChI is InChI=1S/C21H28N2O6/c1-22-27-19(28-29-22)16-9-7-15(8-10-16)18(24)23-13-11-21(12-14-23,20(25)26)17-5-3-2-4-6-17/h7-10,17,19H,2-6,11-14H2,1H3,(H,25,26). The number of hydroxylamine groups is 2. The van der Waals surface area contributed by atoms with Gasteiger partial charge in [0.1, 0.15) is 0 Å². The fourth-order valence-electron chi connectivity index (χ4n) is 4.91. The summed E-state index contributed by atoms with van der Waals surface area (Å²) in [5.41, 5.74) is 0.637. The number of carbonyl (C=O) groups is 2. The van der Waals surface area contributed by atoms with Crippen molar-refractivity contribution in [2.24, 2.45) is 11.3 Å². The minimum Gasteiger partial charge on any atom is -0.481 e.